The molecule has 0 aliphatic heterocycles. The number of aliphatic imine (C=N–C) groups is 1. The molecule has 2 unspecified atom stereocenters. The smallest absolute Gasteiger partial charge is 0.0370 e. The lowest BCUT2D eigenvalue weighted by atomic mass is 10.4. The summed E-state index contributed by atoms with van der Waals surface area (Å²) in [6, 6.07) is 0. The summed E-state index contributed by atoms with van der Waals surface area (Å²) in [7, 11) is 1.26. The van der Waals surface area contributed by atoms with Gasteiger partial charge in [-0.2, -0.15) is 0 Å². The summed E-state index contributed by atoms with van der Waals surface area (Å²) in [5.74, 6) is 0. The highest BCUT2D eigenvalue weighted by Crippen LogP contribution is 2.51. The van der Waals surface area contributed by atoms with Gasteiger partial charge in [-0.05, 0) is 23.2 Å². The maximum absolute atomic E-state index is 4.21. The van der Waals surface area contributed by atoms with E-state index >= 15 is 0 Å². The Morgan fingerprint density at radius 1 is 1.33 bits per heavy atom. The molecular weight excluding hydrogens is 166 g/mol. The fourth-order valence-corrected chi connectivity index (χ4v) is 3.83. The molecule has 0 radical (unpaired) electrons. The SMILES string of the molecule is CCC(C)S(C)(C=NC)C(C)C. The first-order valence-electron chi connectivity index (χ1n) is 4.67. The van der Waals surface area contributed by atoms with Crippen molar-refractivity contribution in [3.05, 3.63) is 0 Å². The Morgan fingerprint density at radius 3 is 2.08 bits per heavy atom. The Kier molecular flexibility index (Phi) is 4.91. The van der Waals surface area contributed by atoms with Gasteiger partial charge in [0.15, 0.2) is 0 Å². The first kappa shape index (κ1) is 12.0. The van der Waals surface area contributed by atoms with Crippen molar-refractivity contribution in [3.63, 3.8) is 0 Å². The lowest BCUT2D eigenvalue weighted by Crippen LogP contribution is -2.22. The number of nitrogens with zero attached hydrogens (tertiary/aromatic N) is 1. The summed E-state index contributed by atoms with van der Waals surface area (Å²) in [5.41, 5.74) is 2.20. The Bertz CT molecular complexity index is 154. The summed E-state index contributed by atoms with van der Waals surface area (Å²) in [5, 5.41) is 1.54. The largest absolute Gasteiger partial charge is 0.291 e. The van der Waals surface area contributed by atoms with E-state index in [1.807, 2.05) is 7.05 Å². The van der Waals surface area contributed by atoms with Crippen molar-refractivity contribution < 1.29 is 0 Å². The second-order valence-electron chi connectivity index (χ2n) is 3.75. The van der Waals surface area contributed by atoms with E-state index in [1.165, 1.54) is 6.42 Å². The van der Waals surface area contributed by atoms with Gasteiger partial charge >= 0.3 is 0 Å². The van der Waals surface area contributed by atoms with E-state index in [9.17, 15) is 0 Å². The van der Waals surface area contributed by atoms with Crippen molar-refractivity contribution in [2.45, 2.75) is 44.6 Å². The van der Waals surface area contributed by atoms with Gasteiger partial charge in [0.2, 0.25) is 0 Å². The van der Waals surface area contributed by atoms with Crippen LogP contribution >= 0.6 is 10.0 Å². The van der Waals surface area contributed by atoms with Crippen LogP contribution in [-0.4, -0.2) is 29.3 Å². The molecule has 2 heteroatoms. The highest BCUT2D eigenvalue weighted by molar-refractivity contribution is 8.44. The van der Waals surface area contributed by atoms with Crippen LogP contribution in [0.5, 0.6) is 0 Å². The van der Waals surface area contributed by atoms with E-state index in [1.54, 1.807) is 0 Å². The van der Waals surface area contributed by atoms with Crippen LogP contribution in [0.1, 0.15) is 34.1 Å². The van der Waals surface area contributed by atoms with Crippen LogP contribution in [0.4, 0.5) is 0 Å². The highest BCUT2D eigenvalue weighted by atomic mass is 32.3. The van der Waals surface area contributed by atoms with Crippen LogP contribution < -0.4 is 0 Å². The molecule has 0 aliphatic rings. The van der Waals surface area contributed by atoms with E-state index in [0.29, 0.717) is 0 Å². The summed E-state index contributed by atoms with van der Waals surface area (Å²) in [6.45, 7) is 9.23. The molecule has 0 heterocycles. The predicted molar refractivity (Wildman–Crippen MR) is 62.8 cm³/mol. The maximum atomic E-state index is 4.21. The second-order valence-corrected chi connectivity index (χ2v) is 7.94. The average Bonchev–Trinajstić information content (AvgIpc) is 2.03. The predicted octanol–water partition coefficient (Wildman–Crippen LogP) is 3.29. The molecule has 0 N–H and O–H groups in total. The topological polar surface area (TPSA) is 12.4 Å². The summed E-state index contributed by atoms with van der Waals surface area (Å²) < 4.78 is 0. The van der Waals surface area contributed by atoms with Crippen LogP contribution in [0.3, 0.4) is 0 Å². The van der Waals surface area contributed by atoms with E-state index in [4.69, 9.17) is 0 Å². The fraction of sp³-hybridized carbons (Fsp3) is 0.900. The second kappa shape index (κ2) is 4.90. The van der Waals surface area contributed by atoms with Crippen LogP contribution in [-0.2, 0) is 0 Å². The van der Waals surface area contributed by atoms with Gasteiger partial charge < -0.3 is 0 Å². The molecule has 0 fully saturated rings. The zero-order valence-electron chi connectivity index (χ0n) is 9.29. The zero-order chi connectivity index (χ0) is 9.78. The lowest BCUT2D eigenvalue weighted by Gasteiger charge is -2.41. The molecule has 0 aromatic carbocycles. The number of hydrogen-bond acceptors (Lipinski definition) is 1. The molecular formula is C10H23NS. The van der Waals surface area contributed by atoms with Gasteiger partial charge in [0, 0.05) is 12.6 Å². The maximum Gasteiger partial charge on any atom is 0.0370 e. The van der Waals surface area contributed by atoms with E-state index in [0.717, 1.165) is 10.5 Å². The quantitative estimate of drug-likeness (QED) is 0.475. The zero-order valence-corrected chi connectivity index (χ0v) is 10.1. The van der Waals surface area contributed by atoms with Crippen molar-refractivity contribution in [1.29, 1.82) is 0 Å². The normalized spacial score (nSPS) is 22.6. The van der Waals surface area contributed by atoms with E-state index in [-0.39, 0.29) is 0 Å². The highest BCUT2D eigenvalue weighted by Gasteiger charge is 2.25. The minimum Gasteiger partial charge on any atom is -0.291 e. The van der Waals surface area contributed by atoms with Crippen LogP contribution in [0, 0.1) is 0 Å². The van der Waals surface area contributed by atoms with Crippen molar-refractivity contribution in [1.82, 2.24) is 0 Å². The summed E-state index contributed by atoms with van der Waals surface area (Å²) >= 11 is 0. The Hall–Kier alpha value is 0.0200. The van der Waals surface area contributed by atoms with Crippen LogP contribution in [0.25, 0.3) is 0 Å². The van der Waals surface area contributed by atoms with Gasteiger partial charge in [-0.25, -0.2) is 10.0 Å². The molecule has 2 atom stereocenters. The first-order valence-corrected chi connectivity index (χ1v) is 6.90. The molecule has 0 aromatic rings. The van der Waals surface area contributed by atoms with E-state index in [2.05, 4.69) is 44.5 Å². The van der Waals surface area contributed by atoms with Gasteiger partial charge in [-0.15, -0.1) is 0 Å². The van der Waals surface area contributed by atoms with Gasteiger partial charge in [0.1, 0.15) is 0 Å². The monoisotopic (exact) mass is 189 g/mol. The molecule has 12 heavy (non-hydrogen) atoms. The van der Waals surface area contributed by atoms with E-state index < -0.39 is 10.0 Å². The number of rotatable bonds is 4. The van der Waals surface area contributed by atoms with Crippen LogP contribution in [0.15, 0.2) is 4.99 Å². The molecule has 0 aliphatic carbocycles. The Balaban J connectivity index is 4.60. The lowest BCUT2D eigenvalue weighted by molar-refractivity contribution is 0.884. The molecule has 0 rings (SSSR count). The number of hydrogen-bond donors (Lipinski definition) is 0. The average molecular weight is 189 g/mol. The Labute approximate surface area is 79.0 Å². The minimum absolute atomic E-state index is 0.626. The summed E-state index contributed by atoms with van der Waals surface area (Å²) in [6.07, 6.45) is 3.65. The van der Waals surface area contributed by atoms with Crippen molar-refractivity contribution >= 4 is 15.6 Å². The van der Waals surface area contributed by atoms with Gasteiger partial charge in [0.25, 0.3) is 0 Å². The van der Waals surface area contributed by atoms with Gasteiger partial charge in [0.05, 0.1) is 0 Å². The minimum atomic E-state index is -0.626. The molecule has 0 saturated heterocycles. The Morgan fingerprint density at radius 2 is 1.83 bits per heavy atom. The first-order chi connectivity index (χ1) is 5.49. The van der Waals surface area contributed by atoms with Crippen molar-refractivity contribution in [2.75, 3.05) is 13.3 Å². The third-order valence-electron chi connectivity index (χ3n) is 2.79. The van der Waals surface area contributed by atoms with Crippen LogP contribution in [0.2, 0.25) is 0 Å². The third-order valence-corrected chi connectivity index (χ3v) is 7.55. The molecule has 74 valence electrons. The standard InChI is InChI=1S/C10H23NS/c1-7-10(4)12(6,8-11-5)9(2)3/h8-10H,7H2,1-6H3. The fourth-order valence-electron chi connectivity index (χ4n) is 1.28. The van der Waals surface area contributed by atoms with Crippen molar-refractivity contribution in [2.24, 2.45) is 4.99 Å². The van der Waals surface area contributed by atoms with Gasteiger partial charge in [-0.3, -0.25) is 4.99 Å². The van der Waals surface area contributed by atoms with Crippen molar-refractivity contribution in [3.8, 4) is 0 Å². The molecule has 1 nitrogen and oxygen atoms in total. The molecule has 0 bridgehead atoms. The molecule has 0 amide bonds. The molecule has 0 spiro atoms. The summed E-state index contributed by atoms with van der Waals surface area (Å²) in [4.78, 5) is 4.21. The molecule has 0 aromatic heterocycles. The van der Waals surface area contributed by atoms with Gasteiger partial charge in [-0.1, -0.05) is 27.7 Å². The third kappa shape index (κ3) is 2.51. The molecule has 0 saturated carbocycles.